The summed E-state index contributed by atoms with van der Waals surface area (Å²) in [6.07, 6.45) is 0. The van der Waals surface area contributed by atoms with Gasteiger partial charge in [0.05, 0.1) is 6.61 Å². The third-order valence-electron chi connectivity index (χ3n) is 3.62. The second-order valence-corrected chi connectivity index (χ2v) is 5.03. The molecule has 1 aromatic rings. The Morgan fingerprint density at radius 3 is 2.55 bits per heavy atom. The van der Waals surface area contributed by atoms with E-state index in [2.05, 4.69) is 15.0 Å². The fraction of sp³-hybridized carbons (Fsp3) is 0.500. The normalized spacial score (nSPS) is 18.4. The lowest BCUT2D eigenvalue weighted by molar-refractivity contribution is 0.108. The number of piperazine rings is 1. The summed E-state index contributed by atoms with van der Waals surface area (Å²) in [7, 11) is 0. The first-order chi connectivity index (χ1) is 9.72. The van der Waals surface area contributed by atoms with E-state index in [9.17, 15) is 0 Å². The number of oxime groups is 1. The Kier molecular flexibility index (Phi) is 5.34. The molecule has 4 N–H and O–H groups in total. The number of hydrogen-bond acceptors (Lipinski definition) is 5. The topological polar surface area (TPSA) is 85.3 Å². The van der Waals surface area contributed by atoms with Crippen LogP contribution >= 0.6 is 0 Å². The Balaban J connectivity index is 1.91. The van der Waals surface area contributed by atoms with Crippen LogP contribution in [0.25, 0.3) is 0 Å². The highest BCUT2D eigenvalue weighted by Crippen LogP contribution is 2.10. The highest BCUT2D eigenvalue weighted by molar-refractivity contribution is 5.97. The van der Waals surface area contributed by atoms with Crippen molar-refractivity contribution < 1.29 is 10.3 Å². The first-order valence-electron chi connectivity index (χ1n) is 6.85. The SMILES string of the molecule is N/C(=N\O)c1cccc(CN2CCN(CCO)CC2)c1. The second-order valence-electron chi connectivity index (χ2n) is 5.03. The Labute approximate surface area is 119 Å². The number of amidine groups is 1. The van der Waals surface area contributed by atoms with Crippen molar-refractivity contribution in [3.05, 3.63) is 35.4 Å². The third-order valence-corrected chi connectivity index (χ3v) is 3.62. The summed E-state index contributed by atoms with van der Waals surface area (Å²) >= 11 is 0. The molecule has 1 fully saturated rings. The van der Waals surface area contributed by atoms with Crippen molar-refractivity contribution in [3.8, 4) is 0 Å². The van der Waals surface area contributed by atoms with E-state index < -0.39 is 0 Å². The van der Waals surface area contributed by atoms with Crippen molar-refractivity contribution in [3.63, 3.8) is 0 Å². The maximum absolute atomic E-state index is 8.93. The van der Waals surface area contributed by atoms with Crippen molar-refractivity contribution in [1.29, 1.82) is 0 Å². The van der Waals surface area contributed by atoms with Gasteiger partial charge in [-0.1, -0.05) is 23.4 Å². The molecule has 0 saturated carbocycles. The van der Waals surface area contributed by atoms with Crippen LogP contribution < -0.4 is 5.73 Å². The van der Waals surface area contributed by atoms with Gasteiger partial charge in [-0.3, -0.25) is 9.80 Å². The van der Waals surface area contributed by atoms with Crippen LogP contribution in [0.1, 0.15) is 11.1 Å². The fourth-order valence-corrected chi connectivity index (χ4v) is 2.46. The number of nitrogens with two attached hydrogens (primary N) is 1. The van der Waals surface area contributed by atoms with Crippen LogP contribution in [-0.2, 0) is 6.54 Å². The van der Waals surface area contributed by atoms with Crippen LogP contribution in [0, 0.1) is 0 Å². The lowest BCUT2D eigenvalue weighted by Gasteiger charge is -2.34. The number of aliphatic hydroxyl groups excluding tert-OH is 1. The van der Waals surface area contributed by atoms with Crippen molar-refractivity contribution in [2.45, 2.75) is 6.54 Å². The van der Waals surface area contributed by atoms with Gasteiger partial charge in [-0.05, 0) is 11.6 Å². The maximum atomic E-state index is 8.93. The lowest BCUT2D eigenvalue weighted by atomic mass is 10.1. The zero-order chi connectivity index (χ0) is 14.4. The summed E-state index contributed by atoms with van der Waals surface area (Å²) < 4.78 is 0. The van der Waals surface area contributed by atoms with E-state index in [-0.39, 0.29) is 12.4 Å². The molecular weight excluding hydrogens is 256 g/mol. The molecule has 20 heavy (non-hydrogen) atoms. The molecule has 6 heteroatoms. The standard InChI is InChI=1S/C14H22N4O2/c15-14(16-20)13-3-1-2-12(10-13)11-18-6-4-17(5-7-18)8-9-19/h1-3,10,19-20H,4-9,11H2,(H2,15,16). The summed E-state index contributed by atoms with van der Waals surface area (Å²) in [6.45, 7) is 5.80. The van der Waals surface area contributed by atoms with Gasteiger partial charge in [-0.15, -0.1) is 0 Å². The molecule has 0 aliphatic carbocycles. The molecule has 0 spiro atoms. The van der Waals surface area contributed by atoms with Gasteiger partial charge in [0.15, 0.2) is 5.84 Å². The average Bonchev–Trinajstić information content (AvgIpc) is 2.49. The molecule has 1 aromatic carbocycles. The number of benzene rings is 1. The van der Waals surface area contributed by atoms with E-state index in [0.29, 0.717) is 0 Å². The third kappa shape index (κ3) is 3.93. The molecule has 2 rings (SSSR count). The van der Waals surface area contributed by atoms with Crippen molar-refractivity contribution in [2.75, 3.05) is 39.3 Å². The number of hydrogen-bond donors (Lipinski definition) is 3. The summed E-state index contributed by atoms with van der Waals surface area (Å²) in [4.78, 5) is 4.64. The minimum atomic E-state index is 0.139. The molecule has 0 atom stereocenters. The Bertz CT molecular complexity index is 456. The Morgan fingerprint density at radius 1 is 1.20 bits per heavy atom. The molecule has 0 radical (unpaired) electrons. The zero-order valence-electron chi connectivity index (χ0n) is 11.6. The van der Waals surface area contributed by atoms with Crippen molar-refractivity contribution in [2.24, 2.45) is 10.9 Å². The lowest BCUT2D eigenvalue weighted by Crippen LogP contribution is -2.46. The number of aliphatic hydroxyl groups is 1. The molecule has 0 aromatic heterocycles. The molecule has 1 aliphatic rings. The Hall–Kier alpha value is -1.63. The number of nitrogens with zero attached hydrogens (tertiary/aromatic N) is 3. The number of β-amino-alcohol motifs (C(OH)–C–C–N with tert-alkyl or cyclic N) is 1. The van der Waals surface area contributed by atoms with Crippen LogP contribution in [0.2, 0.25) is 0 Å². The monoisotopic (exact) mass is 278 g/mol. The first-order valence-corrected chi connectivity index (χ1v) is 6.85. The molecule has 0 bridgehead atoms. The molecule has 1 saturated heterocycles. The highest BCUT2D eigenvalue weighted by atomic mass is 16.4. The van der Waals surface area contributed by atoms with Gasteiger partial charge < -0.3 is 16.0 Å². The van der Waals surface area contributed by atoms with Gasteiger partial charge >= 0.3 is 0 Å². The van der Waals surface area contributed by atoms with Crippen LogP contribution in [0.5, 0.6) is 0 Å². The van der Waals surface area contributed by atoms with E-state index in [1.54, 1.807) is 0 Å². The fourth-order valence-electron chi connectivity index (χ4n) is 2.46. The maximum Gasteiger partial charge on any atom is 0.170 e. The van der Waals surface area contributed by atoms with Gasteiger partial charge in [0, 0.05) is 44.8 Å². The second kappa shape index (κ2) is 7.23. The van der Waals surface area contributed by atoms with Crippen molar-refractivity contribution in [1.82, 2.24) is 9.80 Å². The predicted molar refractivity (Wildman–Crippen MR) is 77.8 cm³/mol. The van der Waals surface area contributed by atoms with Crippen molar-refractivity contribution >= 4 is 5.84 Å². The number of rotatable bonds is 5. The molecule has 1 heterocycles. The summed E-state index contributed by atoms with van der Waals surface area (Å²) in [6, 6.07) is 7.76. The Morgan fingerprint density at radius 2 is 1.90 bits per heavy atom. The van der Waals surface area contributed by atoms with Crippen LogP contribution in [-0.4, -0.2) is 65.3 Å². The van der Waals surface area contributed by atoms with Gasteiger partial charge in [-0.25, -0.2) is 0 Å². The van der Waals surface area contributed by atoms with Gasteiger partial charge in [0.25, 0.3) is 0 Å². The summed E-state index contributed by atoms with van der Waals surface area (Å²) in [5, 5.41) is 20.7. The van der Waals surface area contributed by atoms with E-state index in [1.165, 1.54) is 0 Å². The summed E-state index contributed by atoms with van der Waals surface area (Å²) in [5.41, 5.74) is 7.50. The van der Waals surface area contributed by atoms with Crippen LogP contribution in [0.3, 0.4) is 0 Å². The summed E-state index contributed by atoms with van der Waals surface area (Å²) in [5.74, 6) is 0.139. The van der Waals surface area contributed by atoms with E-state index in [4.69, 9.17) is 16.0 Å². The largest absolute Gasteiger partial charge is 0.409 e. The predicted octanol–water partition coefficient (Wildman–Crippen LogP) is -0.109. The van der Waals surface area contributed by atoms with E-state index >= 15 is 0 Å². The quantitative estimate of drug-likeness (QED) is 0.303. The average molecular weight is 278 g/mol. The zero-order valence-corrected chi connectivity index (χ0v) is 11.6. The van der Waals surface area contributed by atoms with Gasteiger partial charge in [0.2, 0.25) is 0 Å². The van der Waals surface area contributed by atoms with Crippen LogP contribution in [0.15, 0.2) is 29.4 Å². The minimum Gasteiger partial charge on any atom is -0.409 e. The molecule has 6 nitrogen and oxygen atoms in total. The van der Waals surface area contributed by atoms with E-state index in [1.807, 2.05) is 24.3 Å². The molecule has 1 aliphatic heterocycles. The van der Waals surface area contributed by atoms with Gasteiger partial charge in [-0.2, -0.15) is 0 Å². The van der Waals surface area contributed by atoms with Crippen LogP contribution in [0.4, 0.5) is 0 Å². The van der Waals surface area contributed by atoms with E-state index in [0.717, 1.165) is 50.4 Å². The molecular formula is C14H22N4O2. The smallest absolute Gasteiger partial charge is 0.170 e. The minimum absolute atomic E-state index is 0.139. The van der Waals surface area contributed by atoms with Gasteiger partial charge in [0.1, 0.15) is 0 Å². The highest BCUT2D eigenvalue weighted by Gasteiger charge is 2.16. The molecule has 110 valence electrons. The molecule has 0 unspecified atom stereocenters. The molecule has 0 amide bonds. The first kappa shape index (κ1) is 14.8.